The molecular formula is C12H15BrFNO3S. The molecule has 1 saturated carbocycles. The molecule has 7 heteroatoms. The minimum Gasteiger partial charge on any atom is -0.391 e. The molecule has 0 heterocycles. The zero-order valence-electron chi connectivity index (χ0n) is 10.1. The van der Waals surface area contributed by atoms with Crippen molar-refractivity contribution in [1.29, 1.82) is 0 Å². The van der Waals surface area contributed by atoms with E-state index in [-0.39, 0.29) is 0 Å². The van der Waals surface area contributed by atoms with Crippen molar-refractivity contribution in [1.82, 2.24) is 4.72 Å². The molecule has 0 spiro atoms. The summed E-state index contributed by atoms with van der Waals surface area (Å²) in [7, 11) is -3.95. The lowest BCUT2D eigenvalue weighted by Gasteiger charge is -2.28. The second-order valence-electron chi connectivity index (χ2n) is 4.65. The van der Waals surface area contributed by atoms with Crippen LogP contribution in [0.25, 0.3) is 0 Å². The van der Waals surface area contributed by atoms with E-state index in [1.54, 1.807) is 0 Å². The molecule has 0 aromatic heterocycles. The maximum absolute atomic E-state index is 13.7. The van der Waals surface area contributed by atoms with Crippen LogP contribution in [0.5, 0.6) is 0 Å². The molecular weight excluding hydrogens is 337 g/mol. The van der Waals surface area contributed by atoms with Crippen LogP contribution in [0.15, 0.2) is 27.6 Å². The van der Waals surface area contributed by atoms with Crippen LogP contribution in [0.3, 0.4) is 0 Å². The summed E-state index contributed by atoms with van der Waals surface area (Å²) in [6.45, 7) is 0. The van der Waals surface area contributed by atoms with E-state index in [0.29, 0.717) is 17.3 Å². The Hall–Kier alpha value is -0.500. The molecule has 0 bridgehead atoms. The Bertz CT molecular complexity index is 564. The summed E-state index contributed by atoms with van der Waals surface area (Å²) in [6, 6.07) is 3.24. The van der Waals surface area contributed by atoms with Gasteiger partial charge in [-0.2, -0.15) is 0 Å². The van der Waals surface area contributed by atoms with Gasteiger partial charge in [-0.25, -0.2) is 17.5 Å². The summed E-state index contributed by atoms with van der Waals surface area (Å²) < 4.78 is 40.7. The molecule has 0 radical (unpaired) electrons. The van der Waals surface area contributed by atoms with Gasteiger partial charge in [0.1, 0.15) is 10.7 Å². The minimum absolute atomic E-state index is 0.395. The van der Waals surface area contributed by atoms with Gasteiger partial charge in [0.2, 0.25) is 10.0 Å². The highest BCUT2D eigenvalue weighted by atomic mass is 79.9. The quantitative estimate of drug-likeness (QED) is 0.876. The molecule has 0 saturated heterocycles. The van der Waals surface area contributed by atoms with Crippen molar-refractivity contribution in [3.63, 3.8) is 0 Å². The highest BCUT2D eigenvalue weighted by Gasteiger charge is 2.29. The Balaban J connectivity index is 2.22. The predicted octanol–water partition coefficient (Wildman–Crippen LogP) is 2.17. The maximum atomic E-state index is 13.7. The molecule has 2 atom stereocenters. The minimum atomic E-state index is -3.95. The molecule has 4 nitrogen and oxygen atoms in total. The summed E-state index contributed by atoms with van der Waals surface area (Å²) >= 11 is 3.08. The van der Waals surface area contributed by atoms with E-state index in [9.17, 15) is 17.9 Å². The molecule has 2 rings (SSSR count). The Morgan fingerprint density at radius 1 is 1.32 bits per heavy atom. The molecule has 19 heavy (non-hydrogen) atoms. The Morgan fingerprint density at radius 3 is 2.63 bits per heavy atom. The number of rotatable bonds is 3. The lowest BCUT2D eigenvalue weighted by Crippen LogP contribution is -2.45. The smallest absolute Gasteiger partial charge is 0.243 e. The first-order chi connectivity index (χ1) is 8.90. The number of aliphatic hydroxyl groups is 1. The molecule has 0 unspecified atom stereocenters. The number of aliphatic hydroxyl groups excluding tert-OH is 1. The van der Waals surface area contributed by atoms with Gasteiger partial charge in [-0.3, -0.25) is 0 Å². The van der Waals surface area contributed by atoms with E-state index in [1.807, 2.05) is 0 Å². The second kappa shape index (κ2) is 5.87. The summed E-state index contributed by atoms with van der Waals surface area (Å²) in [5.41, 5.74) is 0. The first-order valence-corrected chi connectivity index (χ1v) is 8.33. The number of hydrogen-bond donors (Lipinski definition) is 2. The summed E-state index contributed by atoms with van der Waals surface area (Å²) in [5, 5.41) is 9.76. The van der Waals surface area contributed by atoms with E-state index in [2.05, 4.69) is 20.7 Å². The van der Waals surface area contributed by atoms with Gasteiger partial charge < -0.3 is 5.11 Å². The van der Waals surface area contributed by atoms with Crippen LogP contribution in [0, 0.1) is 5.82 Å². The van der Waals surface area contributed by atoms with Crippen LogP contribution in [-0.2, 0) is 10.0 Å². The number of benzene rings is 1. The molecule has 0 aliphatic heterocycles. The molecule has 1 aliphatic carbocycles. The Morgan fingerprint density at radius 2 is 2.00 bits per heavy atom. The standard InChI is InChI=1S/C12H15BrFNO3S/c13-8-5-6-12(9(14)7-8)19(17,18)15-10-3-1-2-4-11(10)16/h5-7,10-11,15-16H,1-4H2/t10-,11-/m0/s1. The fraction of sp³-hybridized carbons (Fsp3) is 0.500. The first-order valence-electron chi connectivity index (χ1n) is 6.05. The van der Waals surface area contributed by atoms with Crippen molar-refractivity contribution in [2.45, 2.75) is 42.7 Å². The number of nitrogens with one attached hydrogen (secondary N) is 1. The van der Waals surface area contributed by atoms with Crippen LogP contribution >= 0.6 is 15.9 Å². The van der Waals surface area contributed by atoms with Gasteiger partial charge in [0.25, 0.3) is 0 Å². The molecule has 1 aromatic carbocycles. The van der Waals surface area contributed by atoms with Crippen molar-refractivity contribution in [2.24, 2.45) is 0 Å². The number of sulfonamides is 1. The van der Waals surface area contributed by atoms with Gasteiger partial charge in [0.15, 0.2) is 0 Å². The van der Waals surface area contributed by atoms with E-state index in [0.717, 1.165) is 18.9 Å². The van der Waals surface area contributed by atoms with E-state index < -0.39 is 32.9 Å². The third kappa shape index (κ3) is 3.53. The van der Waals surface area contributed by atoms with Crippen LogP contribution in [0.2, 0.25) is 0 Å². The normalized spacial score (nSPS) is 24.4. The number of halogens is 2. The lowest BCUT2D eigenvalue weighted by molar-refractivity contribution is 0.101. The maximum Gasteiger partial charge on any atom is 0.243 e. The SMILES string of the molecule is O=S(=O)(N[C@H]1CCCC[C@@H]1O)c1ccc(Br)cc1F. The van der Waals surface area contributed by atoms with E-state index >= 15 is 0 Å². The van der Waals surface area contributed by atoms with Crippen LogP contribution in [0.4, 0.5) is 4.39 Å². The van der Waals surface area contributed by atoms with E-state index in [4.69, 9.17) is 0 Å². The number of hydrogen-bond acceptors (Lipinski definition) is 3. The van der Waals surface area contributed by atoms with Crippen LogP contribution < -0.4 is 4.72 Å². The molecule has 106 valence electrons. The van der Waals surface area contributed by atoms with Crippen molar-refractivity contribution in [3.8, 4) is 0 Å². The fourth-order valence-electron chi connectivity index (χ4n) is 2.20. The van der Waals surface area contributed by atoms with Crippen molar-refractivity contribution in [2.75, 3.05) is 0 Å². The van der Waals surface area contributed by atoms with Gasteiger partial charge in [-0.1, -0.05) is 28.8 Å². The predicted molar refractivity (Wildman–Crippen MR) is 72.7 cm³/mol. The molecule has 2 N–H and O–H groups in total. The zero-order valence-corrected chi connectivity index (χ0v) is 12.5. The average Bonchev–Trinajstić information content (AvgIpc) is 2.31. The zero-order chi connectivity index (χ0) is 14.0. The van der Waals surface area contributed by atoms with Gasteiger partial charge in [0, 0.05) is 10.5 Å². The largest absolute Gasteiger partial charge is 0.391 e. The first kappa shape index (κ1) is 14.9. The third-order valence-electron chi connectivity index (χ3n) is 3.22. The summed E-state index contributed by atoms with van der Waals surface area (Å²) in [4.78, 5) is -0.395. The Kier molecular flexibility index (Phi) is 4.60. The van der Waals surface area contributed by atoms with Crippen LogP contribution in [-0.4, -0.2) is 25.7 Å². The monoisotopic (exact) mass is 351 g/mol. The van der Waals surface area contributed by atoms with E-state index in [1.165, 1.54) is 12.1 Å². The molecule has 0 amide bonds. The highest BCUT2D eigenvalue weighted by Crippen LogP contribution is 2.23. The van der Waals surface area contributed by atoms with Gasteiger partial charge >= 0.3 is 0 Å². The van der Waals surface area contributed by atoms with Crippen molar-refractivity contribution in [3.05, 3.63) is 28.5 Å². The van der Waals surface area contributed by atoms with Gasteiger partial charge in [-0.05, 0) is 31.0 Å². The highest BCUT2D eigenvalue weighted by molar-refractivity contribution is 9.10. The van der Waals surface area contributed by atoms with Crippen molar-refractivity contribution >= 4 is 26.0 Å². The fourth-order valence-corrected chi connectivity index (χ4v) is 3.90. The Labute approximate surface area is 120 Å². The third-order valence-corrected chi connectivity index (χ3v) is 5.24. The lowest BCUT2D eigenvalue weighted by atomic mass is 9.93. The molecule has 1 aromatic rings. The topological polar surface area (TPSA) is 66.4 Å². The van der Waals surface area contributed by atoms with Gasteiger partial charge in [0.05, 0.1) is 6.10 Å². The molecule has 1 aliphatic rings. The van der Waals surface area contributed by atoms with Crippen LogP contribution in [0.1, 0.15) is 25.7 Å². The summed E-state index contributed by atoms with van der Waals surface area (Å²) in [6.07, 6.45) is 2.16. The summed E-state index contributed by atoms with van der Waals surface area (Å²) in [5.74, 6) is -0.813. The second-order valence-corrected chi connectivity index (χ2v) is 7.25. The molecule has 1 fully saturated rings. The van der Waals surface area contributed by atoms with Crippen molar-refractivity contribution < 1.29 is 17.9 Å². The van der Waals surface area contributed by atoms with Gasteiger partial charge in [-0.15, -0.1) is 0 Å². The average molecular weight is 352 g/mol.